The van der Waals surface area contributed by atoms with Crippen molar-refractivity contribution in [1.29, 1.82) is 0 Å². The molecule has 4 fully saturated rings. The van der Waals surface area contributed by atoms with Gasteiger partial charge in [0.1, 0.15) is 5.82 Å². The van der Waals surface area contributed by atoms with Gasteiger partial charge in [0.15, 0.2) is 5.65 Å². The Morgan fingerprint density at radius 3 is 2.42 bits per heavy atom. The van der Waals surface area contributed by atoms with Gasteiger partial charge >= 0.3 is 11.8 Å². The molecule has 2 amide bonds. The SMILES string of the molecule is O=C(O)NC1CCC(n2c(=O)c3cc(F)cnc3n(-c3cccc(C(=O)NC4CN5CCC4CC5)c3)c2=O)CC1. The van der Waals surface area contributed by atoms with Crippen LogP contribution in [0.15, 0.2) is 46.1 Å². The van der Waals surface area contributed by atoms with Gasteiger partial charge in [0, 0.05) is 30.2 Å². The number of piperidine rings is 3. The fourth-order valence-corrected chi connectivity index (χ4v) is 6.56. The molecule has 4 aliphatic rings. The minimum Gasteiger partial charge on any atom is -0.465 e. The predicted octanol–water partition coefficient (Wildman–Crippen LogP) is 2.26. The van der Waals surface area contributed by atoms with Gasteiger partial charge in [-0.2, -0.15) is 0 Å². The van der Waals surface area contributed by atoms with Crippen LogP contribution in [0.3, 0.4) is 0 Å². The monoisotopic (exact) mass is 550 g/mol. The number of aromatic nitrogens is 3. The first-order valence-electron chi connectivity index (χ1n) is 13.7. The van der Waals surface area contributed by atoms with Crippen LogP contribution in [0.25, 0.3) is 16.7 Å². The molecule has 3 aromatic rings. The lowest BCUT2D eigenvalue weighted by Crippen LogP contribution is -2.57. The first-order chi connectivity index (χ1) is 19.3. The number of nitrogens with one attached hydrogen (secondary N) is 2. The number of halogens is 1. The van der Waals surface area contributed by atoms with E-state index in [1.165, 1.54) is 4.57 Å². The molecule has 40 heavy (non-hydrogen) atoms. The summed E-state index contributed by atoms with van der Waals surface area (Å²) < 4.78 is 16.6. The van der Waals surface area contributed by atoms with Gasteiger partial charge in [0.25, 0.3) is 11.5 Å². The third-order valence-electron chi connectivity index (χ3n) is 8.62. The molecule has 1 aromatic carbocycles. The number of carbonyl (C=O) groups is 2. The Balaban J connectivity index is 1.37. The van der Waals surface area contributed by atoms with E-state index in [4.69, 9.17) is 5.11 Å². The zero-order valence-electron chi connectivity index (χ0n) is 21.9. The Morgan fingerprint density at radius 1 is 1.00 bits per heavy atom. The molecule has 2 aromatic heterocycles. The predicted molar refractivity (Wildman–Crippen MR) is 144 cm³/mol. The minimum absolute atomic E-state index is 0.00354. The van der Waals surface area contributed by atoms with Gasteiger partial charge in [-0.05, 0) is 81.8 Å². The fraction of sp³-hybridized carbons (Fsp3) is 0.464. The highest BCUT2D eigenvalue weighted by molar-refractivity contribution is 5.95. The minimum atomic E-state index is -1.12. The summed E-state index contributed by atoms with van der Waals surface area (Å²) >= 11 is 0. The van der Waals surface area contributed by atoms with Gasteiger partial charge in [0.2, 0.25) is 0 Å². The van der Waals surface area contributed by atoms with Crippen LogP contribution in [0.1, 0.15) is 54.9 Å². The molecule has 12 heteroatoms. The zero-order chi connectivity index (χ0) is 28.0. The van der Waals surface area contributed by atoms with Crippen LogP contribution in [0.5, 0.6) is 0 Å². The number of carbonyl (C=O) groups excluding carboxylic acids is 1. The average molecular weight is 551 g/mol. The molecule has 3 aliphatic heterocycles. The van der Waals surface area contributed by atoms with Crippen molar-refractivity contribution in [2.45, 2.75) is 56.7 Å². The lowest BCUT2D eigenvalue weighted by Gasteiger charge is -2.44. The maximum atomic E-state index is 14.2. The Bertz CT molecular complexity index is 1590. The summed E-state index contributed by atoms with van der Waals surface area (Å²) in [5.41, 5.74) is -0.570. The van der Waals surface area contributed by atoms with Crippen LogP contribution >= 0.6 is 0 Å². The van der Waals surface area contributed by atoms with E-state index in [1.807, 2.05) is 0 Å². The maximum Gasteiger partial charge on any atom is 0.404 e. The number of nitrogens with zero attached hydrogens (tertiary/aromatic N) is 4. The molecule has 1 saturated carbocycles. The van der Waals surface area contributed by atoms with Gasteiger partial charge in [-0.15, -0.1) is 0 Å². The Kier molecular flexibility index (Phi) is 6.87. The standard InChI is InChI=1S/C28H31FN6O5/c29-18-13-22-24(30-14-18)34(28(40)35(26(22)37)20-6-4-19(5-7-20)31-27(38)39)21-3-1-2-17(12-21)25(36)32-23-15-33-10-8-16(23)9-11-33/h1-3,12-14,16,19-20,23,31H,4-11,15H2,(H,32,36)(H,38,39). The van der Waals surface area contributed by atoms with E-state index in [1.54, 1.807) is 24.3 Å². The molecular weight excluding hydrogens is 519 g/mol. The fourth-order valence-electron chi connectivity index (χ4n) is 6.56. The number of rotatable bonds is 5. The zero-order valence-corrected chi connectivity index (χ0v) is 21.9. The Morgan fingerprint density at radius 2 is 1.75 bits per heavy atom. The summed E-state index contributed by atoms with van der Waals surface area (Å²) in [6.45, 7) is 2.94. The first-order valence-corrected chi connectivity index (χ1v) is 13.7. The second-order valence-electron chi connectivity index (χ2n) is 11.0. The highest BCUT2D eigenvalue weighted by Crippen LogP contribution is 2.29. The lowest BCUT2D eigenvalue weighted by molar-refractivity contribution is 0.0620. The van der Waals surface area contributed by atoms with Crippen molar-refractivity contribution in [3.05, 3.63) is 68.7 Å². The highest BCUT2D eigenvalue weighted by Gasteiger charge is 2.35. The van der Waals surface area contributed by atoms with Gasteiger partial charge in [-0.3, -0.25) is 14.2 Å². The molecule has 1 aliphatic carbocycles. The van der Waals surface area contributed by atoms with Crippen molar-refractivity contribution in [3.63, 3.8) is 0 Å². The van der Waals surface area contributed by atoms with Gasteiger partial charge in [0.05, 0.1) is 17.3 Å². The summed E-state index contributed by atoms with van der Waals surface area (Å²) in [6.07, 6.45) is 3.67. The summed E-state index contributed by atoms with van der Waals surface area (Å²) in [4.78, 5) is 58.1. The molecule has 0 spiro atoms. The van der Waals surface area contributed by atoms with Crippen molar-refractivity contribution < 1.29 is 19.1 Å². The molecule has 210 valence electrons. The molecule has 0 radical (unpaired) electrons. The quantitative estimate of drug-likeness (QED) is 0.443. The highest BCUT2D eigenvalue weighted by atomic mass is 19.1. The largest absolute Gasteiger partial charge is 0.465 e. The smallest absolute Gasteiger partial charge is 0.404 e. The third kappa shape index (κ3) is 4.87. The number of carboxylic acid groups (broad SMARTS) is 1. The van der Waals surface area contributed by atoms with E-state index in [2.05, 4.69) is 20.5 Å². The molecule has 2 bridgehead atoms. The van der Waals surface area contributed by atoms with E-state index in [0.29, 0.717) is 42.9 Å². The van der Waals surface area contributed by atoms with E-state index < -0.39 is 29.2 Å². The normalized spacial score (nSPS) is 26.0. The topological polar surface area (TPSA) is 139 Å². The van der Waals surface area contributed by atoms with Crippen molar-refractivity contribution in [2.75, 3.05) is 19.6 Å². The van der Waals surface area contributed by atoms with E-state index in [9.17, 15) is 23.6 Å². The van der Waals surface area contributed by atoms with Crippen LogP contribution in [0.4, 0.5) is 9.18 Å². The van der Waals surface area contributed by atoms with Crippen LogP contribution in [0, 0.1) is 11.7 Å². The van der Waals surface area contributed by atoms with Crippen LogP contribution in [0.2, 0.25) is 0 Å². The number of hydrogen-bond donors (Lipinski definition) is 3. The van der Waals surface area contributed by atoms with Gasteiger partial charge in [-0.1, -0.05) is 6.07 Å². The number of pyridine rings is 1. The molecule has 7 rings (SSSR count). The molecule has 3 N–H and O–H groups in total. The van der Waals surface area contributed by atoms with Gasteiger partial charge in [-0.25, -0.2) is 23.5 Å². The summed E-state index contributed by atoms with van der Waals surface area (Å²) in [5.74, 6) is -0.497. The average Bonchev–Trinajstić information content (AvgIpc) is 2.95. The molecular formula is C28H31FN6O5. The Hall–Kier alpha value is -4.06. The molecule has 5 heterocycles. The van der Waals surface area contributed by atoms with E-state index in [-0.39, 0.29) is 29.0 Å². The van der Waals surface area contributed by atoms with Crippen LogP contribution < -0.4 is 21.9 Å². The lowest BCUT2D eigenvalue weighted by atomic mass is 9.84. The molecule has 11 nitrogen and oxygen atoms in total. The molecule has 1 atom stereocenters. The first kappa shape index (κ1) is 26.2. The van der Waals surface area contributed by atoms with Crippen LogP contribution in [-0.2, 0) is 0 Å². The molecule has 1 unspecified atom stereocenters. The van der Waals surface area contributed by atoms with Crippen molar-refractivity contribution in [1.82, 2.24) is 29.7 Å². The van der Waals surface area contributed by atoms with Crippen LogP contribution in [-0.4, -0.2) is 67.8 Å². The number of hydrogen-bond acceptors (Lipinski definition) is 6. The van der Waals surface area contributed by atoms with Crippen molar-refractivity contribution >= 4 is 23.0 Å². The van der Waals surface area contributed by atoms with E-state index >= 15 is 0 Å². The summed E-state index contributed by atoms with van der Waals surface area (Å²) in [6, 6.07) is 6.96. The third-order valence-corrected chi connectivity index (χ3v) is 8.62. The maximum absolute atomic E-state index is 14.2. The number of fused-ring (bicyclic) bond motifs is 4. The number of benzene rings is 1. The second kappa shape index (κ2) is 10.5. The number of amides is 2. The van der Waals surface area contributed by atoms with Gasteiger partial charge < -0.3 is 20.6 Å². The Labute approximate surface area is 228 Å². The summed E-state index contributed by atoms with van der Waals surface area (Å²) in [7, 11) is 0. The van der Waals surface area contributed by atoms with Crippen molar-refractivity contribution in [3.8, 4) is 5.69 Å². The van der Waals surface area contributed by atoms with Crippen molar-refractivity contribution in [2.24, 2.45) is 5.92 Å². The van der Waals surface area contributed by atoms with E-state index in [0.717, 1.165) is 49.3 Å². The second-order valence-corrected chi connectivity index (χ2v) is 11.0. The summed E-state index contributed by atoms with van der Waals surface area (Å²) in [5, 5.41) is 14.6. The molecule has 3 saturated heterocycles.